The molecule has 1 aliphatic heterocycles. The molecule has 2 aromatic heterocycles. The Hall–Kier alpha value is -4.48. The first-order valence-electron chi connectivity index (χ1n) is 9.82. The largest absolute Gasteiger partial charge is 0.497 e. The summed E-state index contributed by atoms with van der Waals surface area (Å²) in [5, 5.41) is 13.1. The van der Waals surface area contributed by atoms with E-state index < -0.39 is 29.3 Å². The van der Waals surface area contributed by atoms with Gasteiger partial charge in [-0.3, -0.25) is 4.79 Å². The Bertz CT molecular complexity index is 1460. The lowest BCUT2D eigenvalue weighted by Crippen LogP contribution is -2.26. The minimum Gasteiger partial charge on any atom is -0.497 e. The molecule has 172 valence electrons. The lowest BCUT2D eigenvalue weighted by molar-refractivity contribution is -0.143. The van der Waals surface area contributed by atoms with Gasteiger partial charge >= 0.3 is 12.1 Å². The number of benzene rings is 2. The first-order chi connectivity index (χ1) is 16.2. The van der Waals surface area contributed by atoms with E-state index >= 15 is 0 Å². The zero-order valence-corrected chi connectivity index (χ0v) is 17.4. The third-order valence-corrected chi connectivity index (χ3v) is 5.48. The van der Waals surface area contributed by atoms with Crippen molar-refractivity contribution in [1.82, 2.24) is 19.7 Å². The van der Waals surface area contributed by atoms with E-state index in [1.807, 2.05) is 0 Å². The summed E-state index contributed by atoms with van der Waals surface area (Å²) in [7, 11) is 1.54. The van der Waals surface area contributed by atoms with Crippen molar-refractivity contribution in [3.05, 3.63) is 71.4 Å². The second-order valence-electron chi connectivity index (χ2n) is 7.41. The maximum atomic E-state index is 13.8. The summed E-state index contributed by atoms with van der Waals surface area (Å²) in [5.74, 6) is -1.55. The first-order valence-corrected chi connectivity index (χ1v) is 9.82. The van der Waals surface area contributed by atoms with Gasteiger partial charge in [0.15, 0.2) is 5.69 Å². The average molecular weight is 469 g/mol. The number of aromatic carboxylic acids is 1. The SMILES string of the molecule is COc1ccc(CN2C(=O)c3ncnc4c(-n5ncc(C(=O)O)c5C(F)(F)F)ccc2c34)cc1. The number of ether oxygens (including phenoxy) is 1. The molecule has 34 heavy (non-hydrogen) atoms. The van der Waals surface area contributed by atoms with Crippen LogP contribution >= 0.6 is 0 Å². The number of rotatable bonds is 5. The van der Waals surface area contributed by atoms with E-state index in [2.05, 4.69) is 15.1 Å². The first kappa shape index (κ1) is 21.4. The van der Waals surface area contributed by atoms with Gasteiger partial charge in [-0.1, -0.05) is 12.1 Å². The summed E-state index contributed by atoms with van der Waals surface area (Å²) in [6.45, 7) is 0.187. The van der Waals surface area contributed by atoms with Gasteiger partial charge in [0.2, 0.25) is 0 Å². The highest BCUT2D eigenvalue weighted by Crippen LogP contribution is 2.41. The van der Waals surface area contributed by atoms with E-state index in [0.29, 0.717) is 22.3 Å². The Morgan fingerprint density at radius 1 is 1.09 bits per heavy atom. The van der Waals surface area contributed by atoms with Gasteiger partial charge in [-0.05, 0) is 29.8 Å². The van der Waals surface area contributed by atoms with Crippen LogP contribution in [0.25, 0.3) is 16.6 Å². The number of carboxylic acid groups (broad SMARTS) is 1. The lowest BCUT2D eigenvalue weighted by Gasteiger charge is -2.18. The molecule has 0 saturated carbocycles. The molecular weight excluding hydrogens is 455 g/mol. The number of halogens is 3. The van der Waals surface area contributed by atoms with Crippen molar-refractivity contribution in [3.63, 3.8) is 0 Å². The Balaban J connectivity index is 1.65. The van der Waals surface area contributed by atoms with E-state index in [9.17, 15) is 27.9 Å². The van der Waals surface area contributed by atoms with E-state index in [1.54, 1.807) is 24.3 Å². The van der Waals surface area contributed by atoms with Crippen molar-refractivity contribution in [2.45, 2.75) is 12.7 Å². The van der Waals surface area contributed by atoms with Gasteiger partial charge in [-0.25, -0.2) is 19.4 Å². The van der Waals surface area contributed by atoms with Gasteiger partial charge in [0.05, 0.1) is 36.6 Å². The van der Waals surface area contributed by atoms with Crippen molar-refractivity contribution in [2.24, 2.45) is 0 Å². The third kappa shape index (κ3) is 3.22. The molecule has 1 amide bonds. The molecule has 0 bridgehead atoms. The standard InChI is InChI=1S/C22H14F3N5O4/c1-34-12-4-2-11(3-5-12)9-29-14-6-7-15(17-16(14)18(20(29)31)27-10-26-17)30-19(22(23,24)25)13(8-28-30)21(32)33/h2-8,10H,9H2,1H3,(H,32,33). The number of aromatic nitrogens is 4. The number of carbonyl (C=O) groups excluding carboxylic acids is 1. The number of methoxy groups -OCH3 is 1. The molecule has 0 unspecified atom stereocenters. The Morgan fingerprint density at radius 2 is 1.79 bits per heavy atom. The number of carboxylic acids is 1. The molecule has 0 saturated heterocycles. The van der Waals surface area contributed by atoms with Crippen molar-refractivity contribution < 1.29 is 32.6 Å². The number of carbonyl (C=O) groups is 2. The Kier molecular flexibility index (Phi) is 4.74. The Morgan fingerprint density at radius 3 is 2.44 bits per heavy atom. The summed E-state index contributed by atoms with van der Waals surface area (Å²) in [4.78, 5) is 34.1. The molecule has 0 spiro atoms. The molecule has 4 aromatic rings. The maximum Gasteiger partial charge on any atom is 0.434 e. The highest BCUT2D eigenvalue weighted by Gasteiger charge is 2.41. The number of hydrogen-bond acceptors (Lipinski definition) is 6. The number of alkyl halides is 3. The van der Waals surface area contributed by atoms with Crippen LogP contribution < -0.4 is 9.64 Å². The highest BCUT2D eigenvalue weighted by atomic mass is 19.4. The van der Waals surface area contributed by atoms with Crippen LogP contribution in [0.4, 0.5) is 18.9 Å². The molecule has 0 atom stereocenters. The number of nitrogens with zero attached hydrogens (tertiary/aromatic N) is 5. The quantitative estimate of drug-likeness (QED) is 0.475. The molecule has 1 aliphatic rings. The fourth-order valence-corrected chi connectivity index (χ4v) is 3.97. The van der Waals surface area contributed by atoms with Crippen LogP contribution in [0.15, 0.2) is 48.9 Å². The van der Waals surface area contributed by atoms with Crippen molar-refractivity contribution in [1.29, 1.82) is 0 Å². The topological polar surface area (TPSA) is 110 Å². The smallest absolute Gasteiger partial charge is 0.434 e. The summed E-state index contributed by atoms with van der Waals surface area (Å²) in [5.41, 5.74) is -1.27. The minimum absolute atomic E-state index is 0.0366. The van der Waals surface area contributed by atoms with E-state index in [1.165, 1.54) is 24.1 Å². The molecular formula is C22H14F3N5O4. The minimum atomic E-state index is -5.00. The Labute approximate surface area is 189 Å². The molecule has 0 aliphatic carbocycles. The van der Waals surface area contributed by atoms with Crippen molar-refractivity contribution >= 4 is 28.5 Å². The summed E-state index contributed by atoms with van der Waals surface area (Å²) in [6, 6.07) is 9.87. The highest BCUT2D eigenvalue weighted by molar-refractivity contribution is 6.24. The van der Waals surface area contributed by atoms with Crippen molar-refractivity contribution in [2.75, 3.05) is 12.0 Å². The zero-order valence-electron chi connectivity index (χ0n) is 17.4. The molecule has 3 heterocycles. The van der Waals surface area contributed by atoms with Gasteiger partial charge in [0, 0.05) is 0 Å². The van der Waals surface area contributed by atoms with Crippen LogP contribution in [0, 0.1) is 0 Å². The number of anilines is 1. The average Bonchev–Trinajstić information content (AvgIpc) is 3.37. The second-order valence-corrected chi connectivity index (χ2v) is 7.41. The van der Waals surface area contributed by atoms with Crippen LogP contribution in [0.1, 0.15) is 32.1 Å². The van der Waals surface area contributed by atoms with Gasteiger partial charge < -0.3 is 14.7 Å². The maximum absolute atomic E-state index is 13.8. The molecule has 1 N–H and O–H groups in total. The third-order valence-electron chi connectivity index (χ3n) is 5.48. The normalized spacial score (nSPS) is 13.1. The summed E-state index contributed by atoms with van der Waals surface area (Å²) < 4.78 is 46.9. The van der Waals surface area contributed by atoms with Crippen molar-refractivity contribution in [3.8, 4) is 11.4 Å². The predicted molar refractivity (Wildman–Crippen MR) is 112 cm³/mol. The molecule has 2 aromatic carbocycles. The van der Waals surface area contributed by atoms with E-state index in [-0.39, 0.29) is 28.8 Å². The molecule has 0 fully saturated rings. The van der Waals surface area contributed by atoms with Crippen LogP contribution in [0.2, 0.25) is 0 Å². The molecule has 12 heteroatoms. The lowest BCUT2D eigenvalue weighted by atomic mass is 10.1. The molecule has 0 radical (unpaired) electrons. The van der Waals surface area contributed by atoms with Gasteiger partial charge in [-0.2, -0.15) is 18.3 Å². The predicted octanol–water partition coefficient (Wildman–Crippen LogP) is 3.70. The fraction of sp³-hybridized carbons (Fsp3) is 0.136. The van der Waals surface area contributed by atoms with Crippen LogP contribution in [0.5, 0.6) is 5.75 Å². The number of amides is 1. The van der Waals surface area contributed by atoms with Gasteiger partial charge in [0.25, 0.3) is 5.91 Å². The van der Waals surface area contributed by atoms with Crippen LogP contribution in [-0.4, -0.2) is 43.8 Å². The molecule has 9 nitrogen and oxygen atoms in total. The summed E-state index contributed by atoms with van der Waals surface area (Å²) >= 11 is 0. The second kappa shape index (κ2) is 7.54. The zero-order chi connectivity index (χ0) is 24.2. The summed E-state index contributed by atoms with van der Waals surface area (Å²) in [6.07, 6.45) is -3.29. The van der Waals surface area contributed by atoms with Crippen LogP contribution in [0.3, 0.4) is 0 Å². The fourth-order valence-electron chi connectivity index (χ4n) is 3.97. The molecule has 5 rings (SSSR count). The number of hydrogen-bond donors (Lipinski definition) is 1. The van der Waals surface area contributed by atoms with Gasteiger partial charge in [0.1, 0.15) is 28.9 Å². The van der Waals surface area contributed by atoms with Gasteiger partial charge in [-0.15, -0.1) is 0 Å². The van der Waals surface area contributed by atoms with E-state index in [4.69, 9.17) is 4.74 Å². The van der Waals surface area contributed by atoms with Crippen LogP contribution in [-0.2, 0) is 12.7 Å². The van der Waals surface area contributed by atoms with E-state index in [0.717, 1.165) is 11.9 Å². The monoisotopic (exact) mass is 469 g/mol.